The average molecular weight is 143 g/mol. The molecule has 0 saturated carbocycles. The number of aldehydes is 1. The van der Waals surface area contributed by atoms with E-state index in [1.165, 1.54) is 6.20 Å². The number of hydrogen-bond acceptors (Lipinski definition) is 2. The highest BCUT2D eigenvalue weighted by atomic mass is 16.1. The topological polar surface area (TPSA) is 43.1 Å². The van der Waals surface area contributed by atoms with E-state index < -0.39 is 0 Å². The van der Waals surface area contributed by atoms with Crippen LogP contribution in [0.5, 0.6) is 0 Å². The second-order valence-corrected chi connectivity index (χ2v) is 1.94. The first kappa shape index (κ1) is 11.9. The molecule has 0 fully saturated rings. The van der Waals surface area contributed by atoms with E-state index in [2.05, 4.69) is 0 Å². The van der Waals surface area contributed by atoms with E-state index in [1.807, 2.05) is 27.7 Å². The van der Waals surface area contributed by atoms with Crippen LogP contribution >= 0.6 is 0 Å². The van der Waals surface area contributed by atoms with Gasteiger partial charge in [0.2, 0.25) is 0 Å². The zero-order valence-electron chi connectivity index (χ0n) is 7.22. The van der Waals surface area contributed by atoms with E-state index in [1.54, 1.807) is 0 Å². The molecule has 0 aromatic rings. The van der Waals surface area contributed by atoms with Crippen molar-refractivity contribution in [3.8, 4) is 0 Å². The molecule has 0 amide bonds. The van der Waals surface area contributed by atoms with Gasteiger partial charge < -0.3 is 5.73 Å². The van der Waals surface area contributed by atoms with Crippen LogP contribution in [0.1, 0.15) is 27.7 Å². The fourth-order valence-corrected chi connectivity index (χ4v) is 0.368. The van der Waals surface area contributed by atoms with Gasteiger partial charge in [-0.3, -0.25) is 4.79 Å². The third-order valence-corrected chi connectivity index (χ3v) is 0.995. The summed E-state index contributed by atoms with van der Waals surface area (Å²) in [5.41, 5.74) is 5.75. The molecule has 0 aliphatic heterocycles. The molecule has 0 aromatic carbocycles. The molecule has 10 heavy (non-hydrogen) atoms. The molecule has 0 aliphatic carbocycles. The van der Waals surface area contributed by atoms with Gasteiger partial charge in [0.05, 0.1) is 0 Å². The number of carbonyl (C=O) groups excluding carboxylic acids is 1. The van der Waals surface area contributed by atoms with Gasteiger partial charge in [0, 0.05) is 11.8 Å². The van der Waals surface area contributed by atoms with Crippen molar-refractivity contribution < 1.29 is 4.79 Å². The maximum Gasteiger partial charge on any atom is 0.147 e. The largest absolute Gasteiger partial charge is 0.404 e. The van der Waals surface area contributed by atoms with Gasteiger partial charge in [-0.1, -0.05) is 27.7 Å². The highest BCUT2D eigenvalue weighted by Crippen LogP contribution is 2.02. The molecule has 0 unspecified atom stereocenters. The molecule has 60 valence electrons. The zero-order chi connectivity index (χ0) is 8.57. The van der Waals surface area contributed by atoms with Gasteiger partial charge in [-0.05, 0) is 5.92 Å². The Labute approximate surface area is 63.1 Å². The average Bonchev–Trinajstić information content (AvgIpc) is 1.94. The predicted octanol–water partition coefficient (Wildman–Crippen LogP) is 1.71. The molecule has 0 rings (SSSR count). The predicted molar refractivity (Wildman–Crippen MR) is 44.5 cm³/mol. The van der Waals surface area contributed by atoms with Crippen molar-refractivity contribution in [2.24, 2.45) is 11.7 Å². The van der Waals surface area contributed by atoms with Gasteiger partial charge in [-0.15, -0.1) is 0 Å². The van der Waals surface area contributed by atoms with Crippen molar-refractivity contribution in [3.05, 3.63) is 11.8 Å². The molecule has 0 aromatic heterocycles. The Bertz CT molecular complexity index is 106. The van der Waals surface area contributed by atoms with Crippen LogP contribution in [0.25, 0.3) is 0 Å². The maximum absolute atomic E-state index is 10.0. The van der Waals surface area contributed by atoms with Crippen molar-refractivity contribution in [2.75, 3.05) is 0 Å². The molecule has 0 spiro atoms. The molecule has 0 atom stereocenters. The molecule has 0 heterocycles. The smallest absolute Gasteiger partial charge is 0.147 e. The summed E-state index contributed by atoms with van der Waals surface area (Å²) in [7, 11) is 0. The highest BCUT2D eigenvalue weighted by Gasteiger charge is 1.97. The van der Waals surface area contributed by atoms with Crippen molar-refractivity contribution in [3.63, 3.8) is 0 Å². The van der Waals surface area contributed by atoms with Crippen LogP contribution in [0.3, 0.4) is 0 Å². The van der Waals surface area contributed by atoms with Gasteiger partial charge in [0.15, 0.2) is 0 Å². The molecule has 0 saturated heterocycles. The molecular formula is C8H17NO. The molecule has 2 nitrogen and oxygen atoms in total. The second kappa shape index (κ2) is 8.21. The Kier molecular flexibility index (Phi) is 9.80. The van der Waals surface area contributed by atoms with Gasteiger partial charge in [-0.2, -0.15) is 0 Å². The Morgan fingerprint density at radius 2 is 1.80 bits per heavy atom. The summed E-state index contributed by atoms with van der Waals surface area (Å²) < 4.78 is 0. The van der Waals surface area contributed by atoms with Crippen molar-refractivity contribution in [1.29, 1.82) is 0 Å². The Hall–Kier alpha value is -0.790. The minimum absolute atomic E-state index is 0.248. The first-order valence-electron chi connectivity index (χ1n) is 3.59. The standard InChI is InChI=1S/C6H11NO.C2H6/c1-5(2)6(3-7)4-8;1-2/h3-5H,7H2,1-2H3;1-2H3/b6-3+;. The van der Waals surface area contributed by atoms with Crippen molar-refractivity contribution in [1.82, 2.24) is 0 Å². The highest BCUT2D eigenvalue weighted by molar-refractivity contribution is 5.73. The summed E-state index contributed by atoms with van der Waals surface area (Å²) >= 11 is 0. The van der Waals surface area contributed by atoms with E-state index >= 15 is 0 Å². The second-order valence-electron chi connectivity index (χ2n) is 1.94. The summed E-state index contributed by atoms with van der Waals surface area (Å²) in [5.74, 6) is 0.248. The van der Waals surface area contributed by atoms with Gasteiger partial charge in [0.1, 0.15) is 6.29 Å². The fraction of sp³-hybridized carbons (Fsp3) is 0.625. The maximum atomic E-state index is 10.0. The van der Waals surface area contributed by atoms with E-state index in [0.29, 0.717) is 5.57 Å². The van der Waals surface area contributed by atoms with E-state index in [4.69, 9.17) is 5.73 Å². The summed E-state index contributed by atoms with van der Waals surface area (Å²) in [6.07, 6.45) is 2.13. The first-order valence-corrected chi connectivity index (χ1v) is 3.59. The molecule has 2 N–H and O–H groups in total. The number of rotatable bonds is 2. The van der Waals surface area contributed by atoms with E-state index in [9.17, 15) is 4.79 Å². The van der Waals surface area contributed by atoms with E-state index in [0.717, 1.165) is 6.29 Å². The lowest BCUT2D eigenvalue weighted by Gasteiger charge is -1.98. The Morgan fingerprint density at radius 3 is 1.80 bits per heavy atom. The lowest BCUT2D eigenvalue weighted by Crippen LogP contribution is -1.97. The van der Waals surface area contributed by atoms with Crippen LogP contribution < -0.4 is 5.73 Å². The SMILES string of the molecule is CC.CC(C)/C(C=O)=C/N. The lowest BCUT2D eigenvalue weighted by atomic mass is 10.1. The van der Waals surface area contributed by atoms with Crippen LogP contribution in [0, 0.1) is 5.92 Å². The monoisotopic (exact) mass is 143 g/mol. The number of allylic oxidation sites excluding steroid dienone is 1. The van der Waals surface area contributed by atoms with Crippen LogP contribution in [-0.4, -0.2) is 6.29 Å². The summed E-state index contributed by atoms with van der Waals surface area (Å²) in [5, 5.41) is 0. The van der Waals surface area contributed by atoms with Crippen LogP contribution in [0.15, 0.2) is 11.8 Å². The summed E-state index contributed by atoms with van der Waals surface area (Å²) in [6, 6.07) is 0. The molecular weight excluding hydrogens is 126 g/mol. The normalized spacial score (nSPS) is 10.3. The van der Waals surface area contributed by atoms with Gasteiger partial charge >= 0.3 is 0 Å². The van der Waals surface area contributed by atoms with Crippen molar-refractivity contribution in [2.45, 2.75) is 27.7 Å². The summed E-state index contributed by atoms with van der Waals surface area (Å²) in [6.45, 7) is 7.85. The van der Waals surface area contributed by atoms with Crippen LogP contribution in [0.4, 0.5) is 0 Å². The minimum atomic E-state index is 0.248. The first-order chi connectivity index (χ1) is 4.72. The van der Waals surface area contributed by atoms with Crippen LogP contribution in [0.2, 0.25) is 0 Å². The fourth-order valence-electron chi connectivity index (χ4n) is 0.368. The van der Waals surface area contributed by atoms with Gasteiger partial charge in [-0.25, -0.2) is 0 Å². The lowest BCUT2D eigenvalue weighted by molar-refractivity contribution is -0.105. The molecule has 0 aliphatic rings. The third kappa shape index (κ3) is 5.35. The molecule has 2 heteroatoms. The quantitative estimate of drug-likeness (QED) is 0.472. The molecule has 0 bridgehead atoms. The van der Waals surface area contributed by atoms with Crippen molar-refractivity contribution >= 4 is 6.29 Å². The Morgan fingerprint density at radius 1 is 1.40 bits per heavy atom. The van der Waals surface area contributed by atoms with Crippen LogP contribution in [-0.2, 0) is 4.79 Å². The summed E-state index contributed by atoms with van der Waals surface area (Å²) in [4.78, 5) is 10.0. The minimum Gasteiger partial charge on any atom is -0.404 e. The number of hydrogen-bond donors (Lipinski definition) is 1. The Balaban J connectivity index is 0. The molecule has 0 radical (unpaired) electrons. The number of nitrogens with two attached hydrogens (primary N) is 1. The van der Waals surface area contributed by atoms with Gasteiger partial charge in [0.25, 0.3) is 0 Å². The third-order valence-electron chi connectivity index (χ3n) is 0.995. The number of carbonyl (C=O) groups is 1. The van der Waals surface area contributed by atoms with E-state index in [-0.39, 0.29) is 5.92 Å². The zero-order valence-corrected chi connectivity index (χ0v) is 7.22.